The molecule has 0 spiro atoms. The average Bonchev–Trinajstić information content (AvgIpc) is 2.76. The number of phenols is 1. The van der Waals surface area contributed by atoms with Gasteiger partial charge in [-0.2, -0.15) is 0 Å². The van der Waals surface area contributed by atoms with Crippen molar-refractivity contribution in [2.24, 2.45) is 5.73 Å². The summed E-state index contributed by atoms with van der Waals surface area (Å²) in [5, 5.41) is 43.9. The topological polar surface area (TPSA) is 228 Å². The Morgan fingerprint density at radius 2 is 1.44 bits per heavy atom. The van der Waals surface area contributed by atoms with Crippen LogP contribution in [0.25, 0.3) is 0 Å². The van der Waals surface area contributed by atoms with E-state index in [1.807, 2.05) is 0 Å². The first-order valence-electron chi connectivity index (χ1n) is 10.4. The van der Waals surface area contributed by atoms with Gasteiger partial charge in [-0.25, -0.2) is 4.79 Å². The predicted molar refractivity (Wildman–Crippen MR) is 117 cm³/mol. The van der Waals surface area contributed by atoms with E-state index in [-0.39, 0.29) is 18.6 Å². The predicted octanol–water partition coefficient (Wildman–Crippen LogP) is -1.93. The number of carbonyl (C=O) groups excluding carboxylic acids is 3. The van der Waals surface area contributed by atoms with Crippen LogP contribution < -0.4 is 21.7 Å². The van der Waals surface area contributed by atoms with Crippen molar-refractivity contribution in [2.75, 3.05) is 0 Å². The molecule has 5 atom stereocenters. The molecule has 1 aromatic carbocycles. The fourth-order valence-electron chi connectivity index (χ4n) is 2.77. The molecule has 3 amide bonds. The third-order valence-corrected chi connectivity index (χ3v) is 4.85. The fourth-order valence-corrected chi connectivity index (χ4v) is 2.77. The van der Waals surface area contributed by atoms with Crippen molar-refractivity contribution in [1.29, 1.82) is 0 Å². The van der Waals surface area contributed by atoms with E-state index in [0.717, 1.165) is 0 Å². The first-order chi connectivity index (χ1) is 15.8. The van der Waals surface area contributed by atoms with Gasteiger partial charge in [0.05, 0.1) is 6.10 Å². The molecule has 34 heavy (non-hydrogen) atoms. The highest BCUT2D eigenvalue weighted by molar-refractivity contribution is 5.94. The van der Waals surface area contributed by atoms with Crippen LogP contribution in [0.4, 0.5) is 0 Å². The van der Waals surface area contributed by atoms with Gasteiger partial charge in [0.2, 0.25) is 17.7 Å². The zero-order valence-electron chi connectivity index (χ0n) is 18.7. The van der Waals surface area contributed by atoms with Crippen LogP contribution in [0.3, 0.4) is 0 Å². The molecule has 13 heteroatoms. The Labute approximate surface area is 195 Å². The third-order valence-electron chi connectivity index (χ3n) is 4.85. The van der Waals surface area contributed by atoms with Crippen molar-refractivity contribution in [3.8, 4) is 5.75 Å². The summed E-state index contributed by atoms with van der Waals surface area (Å²) < 4.78 is 0. The standard InChI is InChI=1S/C21H30N4O9/c1-10(23-20(32)17(22)11(2)26)18(30)25-15(9-12-3-5-13(27)6-4-12)19(31)24-14(21(33)34)7-8-16(28)29/h3-6,10-11,14-15,17,26-27H,7-9,22H2,1-2H3,(H,23,32)(H,24,31)(H,25,30)(H,28,29)(H,33,34). The van der Waals surface area contributed by atoms with Crippen LogP contribution in [0.2, 0.25) is 0 Å². The van der Waals surface area contributed by atoms with Gasteiger partial charge in [-0.05, 0) is 38.0 Å². The quantitative estimate of drug-likeness (QED) is 0.155. The van der Waals surface area contributed by atoms with Crippen LogP contribution in [-0.4, -0.2) is 80.4 Å². The Kier molecular flexibility index (Phi) is 10.9. The van der Waals surface area contributed by atoms with Crippen LogP contribution >= 0.6 is 0 Å². The van der Waals surface area contributed by atoms with Gasteiger partial charge < -0.3 is 42.1 Å². The van der Waals surface area contributed by atoms with Gasteiger partial charge in [0.25, 0.3) is 0 Å². The maximum atomic E-state index is 12.8. The summed E-state index contributed by atoms with van der Waals surface area (Å²) in [6.45, 7) is 2.63. The second-order valence-corrected chi connectivity index (χ2v) is 7.76. The number of carbonyl (C=O) groups is 5. The van der Waals surface area contributed by atoms with Crippen molar-refractivity contribution in [1.82, 2.24) is 16.0 Å². The molecule has 9 N–H and O–H groups in total. The summed E-state index contributed by atoms with van der Waals surface area (Å²) in [5.41, 5.74) is 6.05. The first-order valence-corrected chi connectivity index (χ1v) is 10.4. The number of carboxylic acid groups (broad SMARTS) is 2. The highest BCUT2D eigenvalue weighted by atomic mass is 16.4. The molecule has 0 saturated heterocycles. The Morgan fingerprint density at radius 1 is 0.882 bits per heavy atom. The smallest absolute Gasteiger partial charge is 0.326 e. The Morgan fingerprint density at radius 3 is 1.94 bits per heavy atom. The van der Waals surface area contributed by atoms with Gasteiger partial charge in [0.15, 0.2) is 0 Å². The summed E-state index contributed by atoms with van der Waals surface area (Å²) >= 11 is 0. The minimum absolute atomic E-state index is 0.0285. The molecule has 1 aromatic rings. The largest absolute Gasteiger partial charge is 0.508 e. The molecule has 0 radical (unpaired) electrons. The van der Waals surface area contributed by atoms with E-state index in [4.69, 9.17) is 10.8 Å². The van der Waals surface area contributed by atoms with Crippen LogP contribution in [0.15, 0.2) is 24.3 Å². The lowest BCUT2D eigenvalue weighted by atomic mass is 10.0. The van der Waals surface area contributed by atoms with Crippen molar-refractivity contribution < 1.29 is 44.4 Å². The molecule has 0 bridgehead atoms. The zero-order valence-corrected chi connectivity index (χ0v) is 18.7. The molecular formula is C21H30N4O9. The maximum absolute atomic E-state index is 12.8. The Bertz CT molecular complexity index is 889. The lowest BCUT2D eigenvalue weighted by Gasteiger charge is -2.24. The van der Waals surface area contributed by atoms with Gasteiger partial charge in [-0.3, -0.25) is 19.2 Å². The molecule has 0 heterocycles. The van der Waals surface area contributed by atoms with Crippen LogP contribution in [0.1, 0.15) is 32.3 Å². The highest BCUT2D eigenvalue weighted by Crippen LogP contribution is 2.12. The molecule has 0 aromatic heterocycles. The Hall–Kier alpha value is -3.71. The number of benzene rings is 1. The van der Waals surface area contributed by atoms with E-state index in [1.165, 1.54) is 38.1 Å². The summed E-state index contributed by atoms with van der Waals surface area (Å²) in [6.07, 6.45) is -2.14. The van der Waals surface area contributed by atoms with E-state index in [9.17, 15) is 39.3 Å². The number of amides is 3. The first kappa shape index (κ1) is 28.3. The number of aliphatic carboxylic acids is 2. The molecule has 188 valence electrons. The molecular weight excluding hydrogens is 452 g/mol. The summed E-state index contributed by atoms with van der Waals surface area (Å²) in [6, 6.07) is 0.462. The summed E-state index contributed by atoms with van der Waals surface area (Å²) in [7, 11) is 0. The molecule has 0 aliphatic rings. The lowest BCUT2D eigenvalue weighted by molar-refractivity contribution is -0.143. The van der Waals surface area contributed by atoms with Crippen molar-refractivity contribution >= 4 is 29.7 Å². The third kappa shape index (κ3) is 9.42. The van der Waals surface area contributed by atoms with E-state index < -0.39 is 66.4 Å². The molecule has 0 aliphatic carbocycles. The van der Waals surface area contributed by atoms with Gasteiger partial charge in [-0.1, -0.05) is 12.1 Å². The minimum atomic E-state index is -1.51. The number of hydrogen-bond donors (Lipinski definition) is 8. The van der Waals surface area contributed by atoms with Gasteiger partial charge >= 0.3 is 11.9 Å². The minimum Gasteiger partial charge on any atom is -0.508 e. The van der Waals surface area contributed by atoms with Gasteiger partial charge in [0, 0.05) is 12.8 Å². The molecule has 0 fully saturated rings. The molecule has 1 rings (SSSR count). The fraction of sp³-hybridized carbons (Fsp3) is 0.476. The summed E-state index contributed by atoms with van der Waals surface area (Å²) in [5.74, 6) is -5.19. The van der Waals surface area contributed by atoms with Crippen LogP contribution in [0.5, 0.6) is 5.75 Å². The number of nitrogens with two attached hydrogens (primary N) is 1. The average molecular weight is 482 g/mol. The van der Waals surface area contributed by atoms with Crippen LogP contribution in [-0.2, 0) is 30.4 Å². The van der Waals surface area contributed by atoms with Crippen LogP contribution in [0, 0.1) is 0 Å². The van der Waals surface area contributed by atoms with Gasteiger partial charge in [-0.15, -0.1) is 0 Å². The monoisotopic (exact) mass is 482 g/mol. The normalized spacial score (nSPS) is 15.2. The lowest BCUT2D eigenvalue weighted by Crippen LogP contribution is -2.57. The van der Waals surface area contributed by atoms with E-state index in [1.54, 1.807) is 0 Å². The Balaban J connectivity index is 3.00. The number of aliphatic hydroxyl groups excluding tert-OH is 1. The second-order valence-electron chi connectivity index (χ2n) is 7.76. The maximum Gasteiger partial charge on any atom is 0.326 e. The molecule has 0 aliphatic heterocycles. The number of aromatic hydroxyl groups is 1. The van der Waals surface area contributed by atoms with E-state index >= 15 is 0 Å². The van der Waals surface area contributed by atoms with E-state index in [0.29, 0.717) is 5.56 Å². The molecule has 13 nitrogen and oxygen atoms in total. The number of nitrogens with one attached hydrogen (secondary N) is 3. The summed E-state index contributed by atoms with van der Waals surface area (Å²) in [4.78, 5) is 59.6. The number of carboxylic acids is 2. The molecule has 5 unspecified atom stereocenters. The number of rotatable bonds is 13. The van der Waals surface area contributed by atoms with Crippen molar-refractivity contribution in [2.45, 2.75) is 63.4 Å². The number of aliphatic hydroxyl groups is 1. The van der Waals surface area contributed by atoms with Crippen molar-refractivity contribution in [3.05, 3.63) is 29.8 Å². The number of hydrogen-bond acceptors (Lipinski definition) is 8. The number of phenolic OH excluding ortho intramolecular Hbond substituents is 1. The SMILES string of the molecule is CC(NC(=O)C(N)C(C)O)C(=O)NC(Cc1ccc(O)cc1)C(=O)NC(CCC(=O)O)C(=O)O. The van der Waals surface area contributed by atoms with Gasteiger partial charge in [0.1, 0.15) is 29.9 Å². The van der Waals surface area contributed by atoms with E-state index in [2.05, 4.69) is 16.0 Å². The highest BCUT2D eigenvalue weighted by Gasteiger charge is 2.29. The zero-order chi connectivity index (χ0) is 26.0. The molecule has 0 saturated carbocycles. The van der Waals surface area contributed by atoms with Crippen molar-refractivity contribution in [3.63, 3.8) is 0 Å². The second kappa shape index (κ2) is 13.1.